The van der Waals surface area contributed by atoms with Gasteiger partial charge >= 0.3 is 0 Å². The molecule has 0 saturated heterocycles. The largest absolute Gasteiger partial charge is 0.397 e. The van der Waals surface area contributed by atoms with E-state index in [1.165, 1.54) is 6.20 Å². The van der Waals surface area contributed by atoms with E-state index in [1.54, 1.807) is 36.7 Å². The van der Waals surface area contributed by atoms with Gasteiger partial charge < -0.3 is 10.3 Å². The zero-order chi connectivity index (χ0) is 14.2. The molecule has 0 radical (unpaired) electrons. The first-order valence-electron chi connectivity index (χ1n) is 5.68. The van der Waals surface area contributed by atoms with Crippen molar-refractivity contribution in [1.29, 1.82) is 0 Å². The summed E-state index contributed by atoms with van der Waals surface area (Å²) in [5, 5.41) is -0.0209. The maximum absolute atomic E-state index is 12.2. The Hall–Kier alpha value is -2.02. The summed E-state index contributed by atoms with van der Waals surface area (Å²) >= 11 is 0. The molecule has 3 N–H and O–H groups in total. The number of nitrogens with zero attached hydrogens (tertiary/aromatic N) is 2. The summed E-state index contributed by atoms with van der Waals surface area (Å²) in [5.74, 6) is 0.622. The molecule has 19 heavy (non-hydrogen) atoms. The molecule has 0 atom stereocenters. The van der Waals surface area contributed by atoms with Gasteiger partial charge in [-0.15, -0.1) is 0 Å². The fourth-order valence-electron chi connectivity index (χ4n) is 1.63. The number of aromatic nitrogens is 2. The molecule has 0 spiro atoms. The number of anilines is 2. The van der Waals surface area contributed by atoms with E-state index in [0.717, 1.165) is 5.56 Å². The molecule has 0 unspecified atom stereocenters. The Morgan fingerprint density at radius 1 is 1.32 bits per heavy atom. The van der Waals surface area contributed by atoms with Crippen LogP contribution in [0.3, 0.4) is 0 Å². The van der Waals surface area contributed by atoms with Crippen molar-refractivity contribution >= 4 is 21.4 Å². The first-order valence-corrected chi connectivity index (χ1v) is 7.17. The van der Waals surface area contributed by atoms with E-state index in [-0.39, 0.29) is 5.03 Å². The number of nitrogen functional groups attached to an aromatic ring is 1. The van der Waals surface area contributed by atoms with E-state index >= 15 is 0 Å². The van der Waals surface area contributed by atoms with Crippen LogP contribution in [0.25, 0.3) is 0 Å². The van der Waals surface area contributed by atoms with Crippen LogP contribution in [0.15, 0.2) is 29.4 Å². The number of imidazole rings is 1. The zero-order valence-electron chi connectivity index (χ0n) is 11.0. The molecule has 102 valence electrons. The lowest BCUT2D eigenvalue weighted by atomic mass is 10.2. The minimum atomic E-state index is -3.71. The Labute approximate surface area is 112 Å². The van der Waals surface area contributed by atoms with Crippen LogP contribution in [0.1, 0.15) is 11.4 Å². The topological polar surface area (TPSA) is 90.0 Å². The maximum Gasteiger partial charge on any atom is 0.281 e. The first kappa shape index (κ1) is 13.4. The normalized spacial score (nSPS) is 11.5. The molecular weight excluding hydrogens is 264 g/mol. The minimum Gasteiger partial charge on any atom is -0.397 e. The SMILES string of the molecule is Cc1ccc(NS(=O)(=O)c2cn(C)c(C)n2)c(N)c1. The van der Waals surface area contributed by atoms with Gasteiger partial charge in [0, 0.05) is 13.2 Å². The van der Waals surface area contributed by atoms with Crippen LogP contribution in [0.4, 0.5) is 11.4 Å². The van der Waals surface area contributed by atoms with E-state index in [1.807, 2.05) is 6.92 Å². The molecule has 2 rings (SSSR count). The Bertz CT molecular complexity index is 700. The van der Waals surface area contributed by atoms with Crippen LogP contribution in [-0.4, -0.2) is 18.0 Å². The molecule has 0 aliphatic carbocycles. The number of rotatable bonds is 3. The summed E-state index contributed by atoms with van der Waals surface area (Å²) in [6.07, 6.45) is 1.46. The van der Waals surface area contributed by atoms with Gasteiger partial charge in [0.15, 0.2) is 5.03 Å². The van der Waals surface area contributed by atoms with Gasteiger partial charge in [0.05, 0.1) is 11.4 Å². The van der Waals surface area contributed by atoms with Crippen molar-refractivity contribution in [2.24, 2.45) is 7.05 Å². The molecule has 0 amide bonds. The lowest BCUT2D eigenvalue weighted by molar-refractivity contribution is 0.598. The van der Waals surface area contributed by atoms with Gasteiger partial charge in [0.2, 0.25) is 0 Å². The van der Waals surface area contributed by atoms with Crippen molar-refractivity contribution in [2.75, 3.05) is 10.5 Å². The van der Waals surface area contributed by atoms with Crippen molar-refractivity contribution in [3.8, 4) is 0 Å². The third-order valence-corrected chi connectivity index (χ3v) is 4.05. The molecule has 0 bridgehead atoms. The van der Waals surface area contributed by atoms with Gasteiger partial charge in [-0.1, -0.05) is 6.07 Å². The molecule has 6 nitrogen and oxygen atoms in total. The average molecular weight is 280 g/mol. The molecule has 0 aliphatic heterocycles. The van der Waals surface area contributed by atoms with Crippen molar-refractivity contribution in [2.45, 2.75) is 18.9 Å². The maximum atomic E-state index is 12.2. The van der Waals surface area contributed by atoms with Crippen LogP contribution >= 0.6 is 0 Å². The predicted octanol–water partition coefficient (Wildman–Crippen LogP) is 1.42. The monoisotopic (exact) mass is 280 g/mol. The number of aryl methyl sites for hydroxylation is 3. The highest BCUT2D eigenvalue weighted by atomic mass is 32.2. The number of sulfonamides is 1. The number of hydrogen-bond acceptors (Lipinski definition) is 4. The molecule has 2 aromatic rings. The molecule has 0 saturated carbocycles. The van der Waals surface area contributed by atoms with Crippen LogP contribution < -0.4 is 10.5 Å². The lowest BCUT2D eigenvalue weighted by Gasteiger charge is -2.09. The van der Waals surface area contributed by atoms with Crippen molar-refractivity contribution in [3.05, 3.63) is 35.8 Å². The number of benzene rings is 1. The molecule has 0 fully saturated rings. The summed E-state index contributed by atoms with van der Waals surface area (Å²) in [7, 11) is -1.97. The second-order valence-corrected chi connectivity index (χ2v) is 6.06. The third-order valence-electron chi connectivity index (χ3n) is 2.81. The van der Waals surface area contributed by atoms with Gasteiger partial charge in [-0.3, -0.25) is 4.72 Å². The van der Waals surface area contributed by atoms with Crippen molar-refractivity contribution in [1.82, 2.24) is 9.55 Å². The summed E-state index contributed by atoms with van der Waals surface area (Å²) in [6, 6.07) is 5.14. The molecule has 1 heterocycles. The van der Waals surface area contributed by atoms with Crippen LogP contribution in [0, 0.1) is 13.8 Å². The molecule has 1 aromatic heterocycles. The quantitative estimate of drug-likeness (QED) is 0.832. The van der Waals surface area contributed by atoms with Crippen molar-refractivity contribution in [3.63, 3.8) is 0 Å². The molecule has 7 heteroatoms. The van der Waals surface area contributed by atoms with Gasteiger partial charge in [0.25, 0.3) is 10.0 Å². The zero-order valence-corrected chi connectivity index (χ0v) is 11.8. The highest BCUT2D eigenvalue weighted by Gasteiger charge is 2.19. The van der Waals surface area contributed by atoms with E-state index < -0.39 is 10.0 Å². The van der Waals surface area contributed by atoms with Crippen LogP contribution in [0.2, 0.25) is 0 Å². The highest BCUT2D eigenvalue weighted by molar-refractivity contribution is 7.92. The smallest absolute Gasteiger partial charge is 0.281 e. The Balaban J connectivity index is 2.36. The van der Waals surface area contributed by atoms with E-state index in [2.05, 4.69) is 9.71 Å². The summed E-state index contributed by atoms with van der Waals surface area (Å²) in [5.41, 5.74) is 7.50. The fraction of sp³-hybridized carbons (Fsp3) is 0.250. The van der Waals surface area contributed by atoms with Gasteiger partial charge in [-0.2, -0.15) is 8.42 Å². The number of hydrogen-bond donors (Lipinski definition) is 2. The van der Waals surface area contributed by atoms with Gasteiger partial charge in [-0.25, -0.2) is 4.98 Å². The second-order valence-electron chi connectivity index (χ2n) is 4.43. The number of nitrogens with one attached hydrogen (secondary N) is 1. The van der Waals surface area contributed by atoms with Gasteiger partial charge in [-0.05, 0) is 31.5 Å². The first-order chi connectivity index (χ1) is 8.79. The molecule has 0 aliphatic rings. The third kappa shape index (κ3) is 2.70. The summed E-state index contributed by atoms with van der Waals surface area (Å²) in [4.78, 5) is 4.00. The summed E-state index contributed by atoms with van der Waals surface area (Å²) < 4.78 is 28.4. The number of nitrogens with two attached hydrogens (primary N) is 1. The minimum absolute atomic E-state index is 0.0209. The highest BCUT2D eigenvalue weighted by Crippen LogP contribution is 2.22. The second kappa shape index (κ2) is 4.58. The summed E-state index contributed by atoms with van der Waals surface area (Å²) in [6.45, 7) is 3.62. The van der Waals surface area contributed by atoms with E-state index in [9.17, 15) is 8.42 Å². The Morgan fingerprint density at radius 3 is 2.53 bits per heavy atom. The van der Waals surface area contributed by atoms with Crippen LogP contribution in [0.5, 0.6) is 0 Å². The Morgan fingerprint density at radius 2 is 2.00 bits per heavy atom. The van der Waals surface area contributed by atoms with Gasteiger partial charge in [0.1, 0.15) is 5.82 Å². The predicted molar refractivity (Wildman–Crippen MR) is 74.3 cm³/mol. The molecular formula is C12H16N4O2S. The average Bonchev–Trinajstić information content (AvgIpc) is 2.64. The van der Waals surface area contributed by atoms with Crippen LogP contribution in [-0.2, 0) is 17.1 Å². The lowest BCUT2D eigenvalue weighted by Crippen LogP contribution is -2.14. The van der Waals surface area contributed by atoms with Crippen molar-refractivity contribution < 1.29 is 8.42 Å². The standard InChI is InChI=1S/C12H16N4O2S/c1-8-4-5-11(10(13)6-8)15-19(17,18)12-7-16(3)9(2)14-12/h4-7,15H,13H2,1-3H3. The Kier molecular flexibility index (Phi) is 3.23. The van der Waals surface area contributed by atoms with E-state index in [0.29, 0.717) is 17.2 Å². The fourth-order valence-corrected chi connectivity index (χ4v) is 2.76. The molecule has 1 aromatic carbocycles. The van der Waals surface area contributed by atoms with E-state index in [4.69, 9.17) is 5.73 Å².